The van der Waals surface area contributed by atoms with Crippen LogP contribution in [0.5, 0.6) is 0 Å². The first-order valence-electron chi connectivity index (χ1n) is 9.40. The van der Waals surface area contributed by atoms with Crippen LogP contribution in [0.25, 0.3) is 0 Å². The van der Waals surface area contributed by atoms with Crippen molar-refractivity contribution in [3.05, 3.63) is 71.8 Å². The van der Waals surface area contributed by atoms with Crippen molar-refractivity contribution in [2.45, 2.75) is 15.7 Å². The van der Waals surface area contributed by atoms with Crippen molar-refractivity contribution in [1.29, 1.82) is 5.26 Å². The quantitative estimate of drug-likeness (QED) is 0.391. The Kier molecular flexibility index (Phi) is 8.23. The first kappa shape index (κ1) is 24.0. The summed E-state index contributed by atoms with van der Waals surface area (Å²) in [6.45, 7) is 0. The maximum absolute atomic E-state index is 12.5. The Morgan fingerprint density at radius 1 is 1.06 bits per heavy atom. The molecule has 0 aliphatic heterocycles. The van der Waals surface area contributed by atoms with Crippen LogP contribution >= 0.6 is 23.5 Å². The van der Waals surface area contributed by atoms with Gasteiger partial charge in [0.25, 0.3) is 11.7 Å². The van der Waals surface area contributed by atoms with E-state index in [0.29, 0.717) is 28.0 Å². The molecular formula is C22H17F2N5O2S2. The van der Waals surface area contributed by atoms with E-state index in [2.05, 4.69) is 15.6 Å². The Hall–Kier alpha value is -3.62. The summed E-state index contributed by atoms with van der Waals surface area (Å²) in [4.78, 5) is 29.3. The standard InChI is InChI=1S/C22H17F2N5O2S2/c23-22(24)33-16-8-6-15(7-9-16)27-18(30)12-32-21-13(11-25)10-17(19(26)29-21)20(31)28-14-4-2-1-3-5-14/h1-10,22H,12H2,(H2,26,29)(H,27,30)(H,28,31). The van der Waals surface area contributed by atoms with Gasteiger partial charge in [-0.2, -0.15) is 14.0 Å². The zero-order valence-electron chi connectivity index (χ0n) is 16.9. The Bertz CT molecular complexity index is 1190. The number of carbonyl (C=O) groups is 2. The summed E-state index contributed by atoms with van der Waals surface area (Å²) in [7, 11) is 0. The molecular weight excluding hydrogens is 468 g/mol. The molecule has 0 radical (unpaired) electrons. The Morgan fingerprint density at radius 2 is 1.73 bits per heavy atom. The second-order valence-corrected chi connectivity index (χ2v) is 8.47. The number of halogens is 2. The fourth-order valence-corrected chi connectivity index (χ4v) is 3.91. The summed E-state index contributed by atoms with van der Waals surface area (Å²) in [5.41, 5.74) is 7.09. The van der Waals surface area contributed by atoms with E-state index in [1.807, 2.05) is 12.1 Å². The summed E-state index contributed by atoms with van der Waals surface area (Å²) < 4.78 is 24.8. The molecule has 1 heterocycles. The van der Waals surface area contributed by atoms with Crippen molar-refractivity contribution < 1.29 is 18.4 Å². The topological polar surface area (TPSA) is 121 Å². The van der Waals surface area contributed by atoms with Crippen molar-refractivity contribution >= 4 is 52.5 Å². The van der Waals surface area contributed by atoms with Crippen LogP contribution in [0.1, 0.15) is 15.9 Å². The van der Waals surface area contributed by atoms with E-state index >= 15 is 0 Å². The zero-order valence-corrected chi connectivity index (χ0v) is 18.6. The number of hydrogen-bond donors (Lipinski definition) is 3. The number of para-hydroxylation sites is 1. The molecule has 2 amide bonds. The van der Waals surface area contributed by atoms with E-state index in [1.54, 1.807) is 24.3 Å². The van der Waals surface area contributed by atoms with Gasteiger partial charge in [-0.05, 0) is 42.5 Å². The summed E-state index contributed by atoms with van der Waals surface area (Å²) >= 11 is 1.40. The molecule has 3 rings (SSSR count). The van der Waals surface area contributed by atoms with Gasteiger partial charge in [0.15, 0.2) is 0 Å². The van der Waals surface area contributed by atoms with Gasteiger partial charge in [0.2, 0.25) is 5.91 Å². The minimum absolute atomic E-state index is 0.0472. The smallest absolute Gasteiger partial charge is 0.288 e. The monoisotopic (exact) mass is 485 g/mol. The molecule has 7 nitrogen and oxygen atoms in total. The highest BCUT2D eigenvalue weighted by molar-refractivity contribution is 8.00. The van der Waals surface area contributed by atoms with Gasteiger partial charge in [-0.3, -0.25) is 9.59 Å². The number of benzene rings is 2. The number of carbonyl (C=O) groups excluding carboxylic acids is 2. The fourth-order valence-electron chi connectivity index (χ4n) is 2.65. The molecule has 0 unspecified atom stereocenters. The molecule has 4 N–H and O–H groups in total. The van der Waals surface area contributed by atoms with Crippen molar-refractivity contribution in [1.82, 2.24) is 4.98 Å². The molecule has 0 aliphatic carbocycles. The molecule has 0 bridgehead atoms. The molecule has 168 valence electrons. The van der Waals surface area contributed by atoms with Crippen LogP contribution in [-0.2, 0) is 4.79 Å². The average molecular weight is 486 g/mol. The van der Waals surface area contributed by atoms with Gasteiger partial charge in [0.1, 0.15) is 16.9 Å². The zero-order chi connectivity index (χ0) is 23.8. The van der Waals surface area contributed by atoms with Gasteiger partial charge >= 0.3 is 0 Å². The van der Waals surface area contributed by atoms with Crippen LogP contribution in [0.2, 0.25) is 0 Å². The number of rotatable bonds is 8. The third-order valence-electron chi connectivity index (χ3n) is 4.12. The van der Waals surface area contributed by atoms with E-state index in [9.17, 15) is 23.6 Å². The molecule has 1 aromatic heterocycles. The Balaban J connectivity index is 1.63. The molecule has 0 spiro atoms. The number of pyridine rings is 1. The number of anilines is 3. The second-order valence-electron chi connectivity index (χ2n) is 6.45. The van der Waals surface area contributed by atoms with Crippen LogP contribution in [0.15, 0.2) is 70.6 Å². The third kappa shape index (κ3) is 6.93. The van der Waals surface area contributed by atoms with Gasteiger partial charge in [-0.25, -0.2) is 4.98 Å². The third-order valence-corrected chi connectivity index (χ3v) is 5.83. The lowest BCUT2D eigenvalue weighted by Crippen LogP contribution is -2.16. The predicted molar refractivity (Wildman–Crippen MR) is 125 cm³/mol. The first-order valence-corrected chi connectivity index (χ1v) is 11.3. The molecule has 0 fully saturated rings. The number of nitriles is 1. The van der Waals surface area contributed by atoms with E-state index < -0.39 is 11.7 Å². The summed E-state index contributed by atoms with van der Waals surface area (Å²) in [5, 5.41) is 15.0. The first-order chi connectivity index (χ1) is 15.9. The Labute approximate surface area is 196 Å². The lowest BCUT2D eigenvalue weighted by atomic mass is 10.2. The molecule has 0 aliphatic rings. The number of amides is 2. The molecule has 3 aromatic rings. The number of nitrogen functional groups attached to an aromatic ring is 1. The lowest BCUT2D eigenvalue weighted by Gasteiger charge is -2.10. The normalized spacial score (nSPS) is 10.5. The highest BCUT2D eigenvalue weighted by Gasteiger charge is 2.17. The summed E-state index contributed by atoms with van der Waals surface area (Å²) in [6, 6.07) is 18.0. The largest absolute Gasteiger partial charge is 0.383 e. The van der Waals surface area contributed by atoms with Gasteiger partial charge in [-0.1, -0.05) is 41.7 Å². The number of thioether (sulfide) groups is 2. The highest BCUT2D eigenvalue weighted by Crippen LogP contribution is 2.27. The van der Waals surface area contributed by atoms with Crippen molar-refractivity contribution in [2.24, 2.45) is 0 Å². The molecule has 11 heteroatoms. The highest BCUT2D eigenvalue weighted by atomic mass is 32.2. The van der Waals surface area contributed by atoms with E-state index in [1.165, 1.54) is 30.3 Å². The fraction of sp³-hybridized carbons (Fsp3) is 0.0909. The van der Waals surface area contributed by atoms with Crippen molar-refractivity contribution in [2.75, 3.05) is 22.1 Å². The van der Waals surface area contributed by atoms with Crippen LogP contribution in [0, 0.1) is 11.3 Å². The minimum Gasteiger partial charge on any atom is -0.383 e. The number of nitrogens with zero attached hydrogens (tertiary/aromatic N) is 2. The van der Waals surface area contributed by atoms with Crippen molar-refractivity contribution in [3.8, 4) is 6.07 Å². The van der Waals surface area contributed by atoms with Gasteiger partial charge in [0.05, 0.1) is 16.9 Å². The predicted octanol–water partition coefficient (Wildman–Crippen LogP) is 4.83. The SMILES string of the molecule is N#Cc1cc(C(=O)Nc2ccccc2)c(N)nc1SCC(=O)Nc1ccc(SC(F)F)cc1. The number of aromatic nitrogens is 1. The van der Waals surface area contributed by atoms with Crippen LogP contribution < -0.4 is 16.4 Å². The maximum atomic E-state index is 12.5. The van der Waals surface area contributed by atoms with Crippen molar-refractivity contribution in [3.63, 3.8) is 0 Å². The number of alkyl halides is 2. The van der Waals surface area contributed by atoms with Crippen LogP contribution in [0.4, 0.5) is 26.0 Å². The Morgan fingerprint density at radius 3 is 2.36 bits per heavy atom. The second kappa shape index (κ2) is 11.3. The van der Waals surface area contributed by atoms with Gasteiger partial charge in [0, 0.05) is 16.3 Å². The summed E-state index contributed by atoms with van der Waals surface area (Å²) in [6.07, 6.45) is 0. The molecule has 33 heavy (non-hydrogen) atoms. The lowest BCUT2D eigenvalue weighted by molar-refractivity contribution is -0.113. The molecule has 0 saturated carbocycles. The van der Waals surface area contributed by atoms with E-state index in [4.69, 9.17) is 5.73 Å². The van der Waals surface area contributed by atoms with Gasteiger partial charge in [-0.15, -0.1) is 0 Å². The van der Waals surface area contributed by atoms with E-state index in [-0.39, 0.29) is 33.6 Å². The maximum Gasteiger partial charge on any atom is 0.288 e. The number of hydrogen-bond acceptors (Lipinski definition) is 7. The molecule has 0 saturated heterocycles. The number of nitrogens with one attached hydrogen (secondary N) is 2. The van der Waals surface area contributed by atoms with Crippen LogP contribution in [0.3, 0.4) is 0 Å². The van der Waals surface area contributed by atoms with E-state index in [0.717, 1.165) is 11.8 Å². The molecule has 2 aromatic carbocycles. The van der Waals surface area contributed by atoms with Gasteiger partial charge < -0.3 is 16.4 Å². The molecule has 0 atom stereocenters. The average Bonchev–Trinajstić information content (AvgIpc) is 2.79. The minimum atomic E-state index is -2.52. The summed E-state index contributed by atoms with van der Waals surface area (Å²) in [5.74, 6) is -3.57. The number of nitrogens with two attached hydrogens (primary N) is 1. The van der Waals surface area contributed by atoms with Crippen LogP contribution in [-0.4, -0.2) is 28.3 Å².